The molecule has 0 aliphatic carbocycles. The van der Waals surface area contributed by atoms with E-state index in [0.29, 0.717) is 32.1 Å². The molecule has 2 aromatic carbocycles. The van der Waals surface area contributed by atoms with Gasteiger partial charge in [-0.05, 0) is 43.7 Å². The monoisotopic (exact) mass is 562 g/mol. The van der Waals surface area contributed by atoms with Crippen LogP contribution in [0.15, 0.2) is 48.8 Å². The first-order chi connectivity index (χ1) is 19.2. The van der Waals surface area contributed by atoms with Gasteiger partial charge in [0, 0.05) is 29.6 Å². The summed E-state index contributed by atoms with van der Waals surface area (Å²) in [5, 5.41) is 3.13. The summed E-state index contributed by atoms with van der Waals surface area (Å²) in [7, 11) is 1.53. The molecule has 0 fully saturated rings. The van der Waals surface area contributed by atoms with Gasteiger partial charge in [-0.2, -0.15) is 0 Å². The van der Waals surface area contributed by atoms with Gasteiger partial charge in [0.2, 0.25) is 5.88 Å². The van der Waals surface area contributed by atoms with E-state index in [0.717, 1.165) is 11.1 Å². The average molecular weight is 563 g/mol. The lowest BCUT2D eigenvalue weighted by Gasteiger charge is -2.15. The predicted octanol–water partition coefficient (Wildman–Crippen LogP) is 4.87. The number of carbonyl (C=O) groups is 2. The number of methoxy groups -OCH3 is 1. The molecule has 3 N–H and O–H groups in total. The summed E-state index contributed by atoms with van der Waals surface area (Å²) < 4.78 is 31.7. The van der Waals surface area contributed by atoms with E-state index in [1.54, 1.807) is 19.2 Å². The van der Waals surface area contributed by atoms with Gasteiger partial charge >= 0.3 is 6.09 Å². The number of benzene rings is 2. The lowest BCUT2D eigenvalue weighted by atomic mass is 10.1. The highest BCUT2D eigenvalue weighted by molar-refractivity contribution is 7.21. The summed E-state index contributed by atoms with van der Waals surface area (Å²) in [5.41, 5.74) is 9.01. The summed E-state index contributed by atoms with van der Waals surface area (Å²) in [6.45, 7) is 3.42. The van der Waals surface area contributed by atoms with Crippen LogP contribution in [0, 0.1) is 12.7 Å². The third kappa shape index (κ3) is 5.73. The maximum Gasteiger partial charge on any atom is 0.411 e. The molecule has 0 aliphatic heterocycles. The molecular formula is C27H23FN6O5S. The Morgan fingerprint density at radius 2 is 1.95 bits per heavy atom. The molecule has 11 nitrogen and oxygen atoms in total. The van der Waals surface area contributed by atoms with Crippen LogP contribution in [0.1, 0.15) is 23.0 Å². The second kappa shape index (κ2) is 11.1. The summed E-state index contributed by atoms with van der Waals surface area (Å²) in [4.78, 5) is 40.8. The molecule has 5 rings (SSSR count). The van der Waals surface area contributed by atoms with Crippen LogP contribution in [0.3, 0.4) is 0 Å². The number of aromatic nitrogens is 4. The van der Waals surface area contributed by atoms with Gasteiger partial charge in [0.15, 0.2) is 11.6 Å². The van der Waals surface area contributed by atoms with Crippen LogP contribution in [0.4, 0.5) is 14.9 Å². The van der Waals surface area contributed by atoms with Gasteiger partial charge in [-0.1, -0.05) is 0 Å². The minimum Gasteiger partial charge on any atom is -0.484 e. The van der Waals surface area contributed by atoms with E-state index in [9.17, 15) is 14.0 Å². The van der Waals surface area contributed by atoms with Crippen molar-refractivity contribution in [1.29, 1.82) is 0 Å². The molecule has 0 bridgehead atoms. The lowest BCUT2D eigenvalue weighted by Crippen LogP contribution is -2.24. The van der Waals surface area contributed by atoms with E-state index in [1.165, 1.54) is 42.8 Å². The van der Waals surface area contributed by atoms with E-state index in [2.05, 4.69) is 25.3 Å². The summed E-state index contributed by atoms with van der Waals surface area (Å²) in [6.07, 6.45) is 1.41. The standard InChI is InChI=1S/C27H23FN6O5S/c1-13-6-16(24-19(7-13)33-23(37-3)11-31-24)26-34-18-9-17(28)21(10-22(18)40-26)39-14(2)12-38-27(36)32-15-4-5-30-20(8-15)25(29)35/h4-11,14H,12H2,1-3H3,(H2,29,35)(H,30,32,36)/t14-/m0/s1. The molecular weight excluding hydrogens is 539 g/mol. The normalized spacial score (nSPS) is 11.8. The van der Waals surface area contributed by atoms with Crippen molar-refractivity contribution in [3.63, 3.8) is 0 Å². The second-order valence-corrected chi connectivity index (χ2v) is 9.84. The number of rotatable bonds is 8. The molecule has 3 heterocycles. The van der Waals surface area contributed by atoms with Gasteiger partial charge in [-0.15, -0.1) is 11.3 Å². The number of halogens is 1. The first-order valence-electron chi connectivity index (χ1n) is 12.0. The third-order valence-electron chi connectivity index (χ3n) is 5.69. The Morgan fingerprint density at radius 3 is 2.73 bits per heavy atom. The number of hydrogen-bond donors (Lipinski definition) is 2. The van der Waals surface area contributed by atoms with Crippen LogP contribution in [0.25, 0.3) is 31.8 Å². The molecule has 0 saturated carbocycles. The number of thiazole rings is 1. The molecule has 0 unspecified atom stereocenters. The molecule has 13 heteroatoms. The number of nitrogens with two attached hydrogens (primary N) is 1. The molecule has 204 valence electrons. The maximum atomic E-state index is 14.9. The average Bonchev–Trinajstić information content (AvgIpc) is 3.33. The van der Waals surface area contributed by atoms with Crippen molar-refractivity contribution >= 4 is 50.3 Å². The van der Waals surface area contributed by atoms with Crippen molar-refractivity contribution in [1.82, 2.24) is 19.9 Å². The fourth-order valence-electron chi connectivity index (χ4n) is 3.89. The quantitative estimate of drug-likeness (QED) is 0.270. The Kier molecular flexibility index (Phi) is 7.38. The van der Waals surface area contributed by atoms with Gasteiger partial charge in [0.05, 0.1) is 34.6 Å². The number of anilines is 1. The number of amides is 2. The van der Waals surface area contributed by atoms with Crippen molar-refractivity contribution in [2.45, 2.75) is 20.0 Å². The first kappa shape index (κ1) is 26.7. The van der Waals surface area contributed by atoms with E-state index in [1.807, 2.05) is 19.1 Å². The Morgan fingerprint density at radius 1 is 1.12 bits per heavy atom. The molecule has 2 amide bonds. The van der Waals surface area contributed by atoms with Crippen molar-refractivity contribution in [3.8, 4) is 22.2 Å². The molecule has 1 atom stereocenters. The minimum absolute atomic E-state index is 0.00179. The van der Waals surface area contributed by atoms with Crippen molar-refractivity contribution < 1.29 is 28.2 Å². The number of pyridine rings is 1. The Labute approximate surface area is 231 Å². The summed E-state index contributed by atoms with van der Waals surface area (Å²) in [5.74, 6) is -0.928. The van der Waals surface area contributed by atoms with Crippen molar-refractivity contribution in [2.75, 3.05) is 19.0 Å². The number of nitrogens with one attached hydrogen (secondary N) is 1. The van der Waals surface area contributed by atoms with Gasteiger partial charge in [-0.25, -0.2) is 24.1 Å². The van der Waals surface area contributed by atoms with Crippen molar-refractivity contribution in [3.05, 3.63) is 65.9 Å². The Hall–Kier alpha value is -4.91. The molecule has 0 saturated heterocycles. The van der Waals surface area contributed by atoms with Gasteiger partial charge in [0.25, 0.3) is 5.91 Å². The minimum atomic E-state index is -0.786. The molecule has 0 spiro atoms. The number of carbonyl (C=O) groups excluding carboxylic acids is 2. The van der Waals surface area contributed by atoms with Crippen LogP contribution in [-0.4, -0.2) is 51.8 Å². The fraction of sp³-hybridized carbons (Fsp3) is 0.185. The molecule has 3 aromatic heterocycles. The predicted molar refractivity (Wildman–Crippen MR) is 147 cm³/mol. The first-order valence-corrected chi connectivity index (χ1v) is 12.8. The largest absolute Gasteiger partial charge is 0.484 e. The Balaban J connectivity index is 1.30. The maximum absolute atomic E-state index is 14.9. The smallest absolute Gasteiger partial charge is 0.411 e. The lowest BCUT2D eigenvalue weighted by molar-refractivity contribution is 0.0968. The Bertz CT molecular complexity index is 1760. The van der Waals surface area contributed by atoms with Crippen LogP contribution < -0.4 is 20.5 Å². The van der Waals surface area contributed by atoms with Gasteiger partial charge in [-0.3, -0.25) is 15.1 Å². The topological polar surface area (TPSA) is 151 Å². The zero-order valence-electron chi connectivity index (χ0n) is 21.6. The van der Waals surface area contributed by atoms with Crippen LogP contribution >= 0.6 is 11.3 Å². The number of primary amides is 1. The van der Waals surface area contributed by atoms with E-state index >= 15 is 0 Å². The number of ether oxygens (including phenoxy) is 3. The van der Waals surface area contributed by atoms with Gasteiger partial charge < -0.3 is 19.9 Å². The number of fused-ring (bicyclic) bond motifs is 2. The number of hydrogen-bond acceptors (Lipinski definition) is 10. The zero-order valence-corrected chi connectivity index (χ0v) is 22.4. The van der Waals surface area contributed by atoms with E-state index in [-0.39, 0.29) is 23.7 Å². The number of aryl methyl sites for hydroxylation is 1. The molecule has 0 aliphatic rings. The molecule has 40 heavy (non-hydrogen) atoms. The number of nitrogens with zero attached hydrogens (tertiary/aromatic N) is 4. The van der Waals surface area contributed by atoms with Crippen LogP contribution in [0.5, 0.6) is 11.6 Å². The van der Waals surface area contributed by atoms with Crippen LogP contribution in [0.2, 0.25) is 0 Å². The highest BCUT2D eigenvalue weighted by atomic mass is 32.1. The third-order valence-corrected chi connectivity index (χ3v) is 6.74. The SMILES string of the molecule is COc1cnc2c(-c3nc4cc(F)c(O[C@@H](C)COC(=O)Nc5ccnc(C(N)=O)c5)cc4s3)cc(C)cc2n1. The highest BCUT2D eigenvalue weighted by Crippen LogP contribution is 2.37. The molecule has 5 aromatic rings. The highest BCUT2D eigenvalue weighted by Gasteiger charge is 2.18. The summed E-state index contributed by atoms with van der Waals surface area (Å²) >= 11 is 1.37. The van der Waals surface area contributed by atoms with E-state index < -0.39 is 23.9 Å². The van der Waals surface area contributed by atoms with Crippen LogP contribution in [-0.2, 0) is 4.74 Å². The molecule has 0 radical (unpaired) electrons. The second-order valence-electron chi connectivity index (χ2n) is 8.81. The zero-order chi connectivity index (χ0) is 28.4. The van der Waals surface area contributed by atoms with E-state index in [4.69, 9.17) is 19.9 Å². The fourth-order valence-corrected chi connectivity index (χ4v) is 4.88. The van der Waals surface area contributed by atoms with Gasteiger partial charge in [0.1, 0.15) is 23.4 Å². The van der Waals surface area contributed by atoms with Crippen molar-refractivity contribution in [2.24, 2.45) is 5.73 Å². The summed E-state index contributed by atoms with van der Waals surface area (Å²) in [6, 6.07) is 9.53.